The van der Waals surface area contributed by atoms with Crippen LogP contribution in [-0.4, -0.2) is 18.7 Å². The van der Waals surface area contributed by atoms with Crippen molar-refractivity contribution < 1.29 is 14.3 Å². The standard InChI is InChI=1S/C49H94O3/c1-6-10-14-17-20-27-34-44-51-48(50)38-31-24-26-33-43-49(5,41-13-9-4)42-32-25-23-30-37-47(45-39-40-45)52-46(35-28-21-18-15-11-7-2)36-29-22-19-16-12-8-3/h46H,6-44H2,1-5H3. The Hall–Kier alpha value is -0.990. The van der Waals surface area contributed by atoms with E-state index in [0.29, 0.717) is 24.5 Å². The van der Waals surface area contributed by atoms with E-state index in [9.17, 15) is 4.79 Å². The normalized spacial score (nSPS) is 13.8. The number of unbranched alkanes of at least 4 members (excludes halogenated alkanes) is 23. The van der Waals surface area contributed by atoms with Crippen LogP contribution in [0.3, 0.4) is 0 Å². The van der Waals surface area contributed by atoms with Crippen molar-refractivity contribution in [2.24, 2.45) is 5.41 Å². The zero-order valence-corrected chi connectivity index (χ0v) is 36.4. The third kappa shape index (κ3) is 30.3. The minimum Gasteiger partial charge on any atom is -0.495 e. The Balaban J connectivity index is 2.31. The van der Waals surface area contributed by atoms with Crippen molar-refractivity contribution in [2.75, 3.05) is 6.61 Å². The highest BCUT2D eigenvalue weighted by atomic mass is 16.5. The van der Waals surface area contributed by atoms with Crippen molar-refractivity contribution in [1.82, 2.24) is 0 Å². The monoisotopic (exact) mass is 731 g/mol. The Bertz CT molecular complexity index is 795. The zero-order chi connectivity index (χ0) is 37.8. The number of allylic oxidation sites excluding steroid dienone is 2. The molecule has 0 aliphatic heterocycles. The van der Waals surface area contributed by atoms with Crippen molar-refractivity contribution in [3.05, 3.63) is 11.3 Å². The molecule has 1 fully saturated rings. The lowest BCUT2D eigenvalue weighted by Crippen LogP contribution is -2.16. The topological polar surface area (TPSA) is 35.5 Å². The highest BCUT2D eigenvalue weighted by Crippen LogP contribution is 2.38. The summed E-state index contributed by atoms with van der Waals surface area (Å²) < 4.78 is 12.4. The number of esters is 1. The molecule has 1 saturated carbocycles. The van der Waals surface area contributed by atoms with Crippen molar-refractivity contribution in [1.29, 1.82) is 0 Å². The van der Waals surface area contributed by atoms with Gasteiger partial charge >= 0.3 is 5.97 Å². The fraction of sp³-hybridized carbons (Fsp3) is 0.939. The number of ether oxygens (including phenoxy) is 2. The van der Waals surface area contributed by atoms with E-state index in [-0.39, 0.29) is 5.97 Å². The molecule has 3 nitrogen and oxygen atoms in total. The lowest BCUT2D eigenvalue weighted by Gasteiger charge is -2.30. The predicted octanol–water partition coefficient (Wildman–Crippen LogP) is 17.1. The van der Waals surface area contributed by atoms with Crippen molar-refractivity contribution in [2.45, 2.75) is 285 Å². The second-order valence-corrected chi connectivity index (χ2v) is 17.5. The summed E-state index contributed by atoms with van der Waals surface area (Å²) in [4.78, 5) is 12.2. The maximum absolute atomic E-state index is 12.2. The van der Waals surface area contributed by atoms with Gasteiger partial charge in [0.2, 0.25) is 0 Å². The minimum absolute atomic E-state index is 0.0203. The van der Waals surface area contributed by atoms with Crippen LogP contribution in [0.25, 0.3) is 0 Å². The average Bonchev–Trinajstić information content (AvgIpc) is 3.99. The van der Waals surface area contributed by atoms with Crippen LogP contribution in [0.2, 0.25) is 0 Å². The predicted molar refractivity (Wildman–Crippen MR) is 229 cm³/mol. The quantitative estimate of drug-likeness (QED) is 0.0357. The Labute approximate surface area is 327 Å². The SMILES string of the molecule is CCCCCCCCCOC(=O)CCCCCCC(C)(CCCC)CCCCCCC(OC(CCCCCCCC)CCCCCCCC)=C1CC1. The summed E-state index contributed by atoms with van der Waals surface area (Å²) in [6.45, 7) is 12.4. The van der Waals surface area contributed by atoms with Crippen LogP contribution in [0, 0.1) is 5.41 Å². The van der Waals surface area contributed by atoms with Crippen LogP contribution in [0.1, 0.15) is 279 Å². The zero-order valence-electron chi connectivity index (χ0n) is 36.4. The largest absolute Gasteiger partial charge is 0.495 e. The molecule has 52 heavy (non-hydrogen) atoms. The van der Waals surface area contributed by atoms with Crippen LogP contribution < -0.4 is 0 Å². The summed E-state index contributed by atoms with van der Waals surface area (Å²) in [6.07, 6.45) is 49.5. The molecule has 0 radical (unpaired) electrons. The van der Waals surface area contributed by atoms with Crippen molar-refractivity contribution >= 4 is 5.97 Å². The van der Waals surface area contributed by atoms with Gasteiger partial charge in [0.25, 0.3) is 0 Å². The van der Waals surface area contributed by atoms with Crippen LogP contribution in [-0.2, 0) is 14.3 Å². The molecule has 0 saturated heterocycles. The number of carbonyl (C=O) groups excluding carboxylic acids is 1. The molecule has 1 rings (SSSR count). The van der Waals surface area contributed by atoms with Gasteiger partial charge in [-0.15, -0.1) is 0 Å². The summed E-state index contributed by atoms with van der Waals surface area (Å²) in [7, 11) is 0. The summed E-state index contributed by atoms with van der Waals surface area (Å²) in [5, 5.41) is 0. The van der Waals surface area contributed by atoms with E-state index in [1.807, 2.05) is 0 Å². The number of hydrogen-bond donors (Lipinski definition) is 0. The fourth-order valence-corrected chi connectivity index (χ4v) is 8.09. The molecule has 0 aromatic carbocycles. The highest BCUT2D eigenvalue weighted by molar-refractivity contribution is 5.69. The molecular formula is C49H94O3. The molecule has 0 N–H and O–H groups in total. The lowest BCUT2D eigenvalue weighted by atomic mass is 9.76. The first-order valence-corrected chi connectivity index (χ1v) is 24.0. The fourth-order valence-electron chi connectivity index (χ4n) is 8.09. The van der Waals surface area contributed by atoms with Crippen LogP contribution in [0.5, 0.6) is 0 Å². The van der Waals surface area contributed by atoms with Crippen LogP contribution >= 0.6 is 0 Å². The lowest BCUT2D eigenvalue weighted by molar-refractivity contribution is -0.143. The maximum Gasteiger partial charge on any atom is 0.305 e. The molecule has 1 atom stereocenters. The molecule has 0 spiro atoms. The summed E-state index contributed by atoms with van der Waals surface area (Å²) in [5.74, 6) is 1.43. The molecule has 1 aliphatic rings. The van der Waals surface area contributed by atoms with Gasteiger partial charge in [0.15, 0.2) is 0 Å². The van der Waals surface area contributed by atoms with E-state index in [0.717, 1.165) is 19.3 Å². The molecule has 3 heteroatoms. The van der Waals surface area contributed by atoms with E-state index >= 15 is 0 Å². The van der Waals surface area contributed by atoms with Crippen molar-refractivity contribution in [3.8, 4) is 0 Å². The Morgan fingerprint density at radius 1 is 0.500 bits per heavy atom. The first-order valence-electron chi connectivity index (χ1n) is 24.0. The molecule has 0 aromatic heterocycles. The van der Waals surface area contributed by atoms with Crippen LogP contribution in [0.4, 0.5) is 0 Å². The van der Waals surface area contributed by atoms with Crippen molar-refractivity contribution in [3.63, 3.8) is 0 Å². The Morgan fingerprint density at radius 3 is 1.40 bits per heavy atom. The molecular weight excluding hydrogens is 637 g/mol. The van der Waals surface area contributed by atoms with Gasteiger partial charge in [-0.25, -0.2) is 0 Å². The van der Waals surface area contributed by atoms with E-state index in [1.165, 1.54) is 224 Å². The molecule has 1 unspecified atom stereocenters. The van der Waals surface area contributed by atoms with E-state index < -0.39 is 0 Å². The van der Waals surface area contributed by atoms with Gasteiger partial charge in [-0.05, 0) is 88.0 Å². The molecule has 0 amide bonds. The second-order valence-electron chi connectivity index (χ2n) is 17.5. The third-order valence-corrected chi connectivity index (χ3v) is 12.0. The van der Waals surface area contributed by atoms with Gasteiger partial charge in [0.05, 0.1) is 18.5 Å². The molecule has 0 heterocycles. The van der Waals surface area contributed by atoms with E-state index in [1.54, 1.807) is 5.57 Å². The molecule has 1 aliphatic carbocycles. The highest BCUT2D eigenvalue weighted by Gasteiger charge is 2.24. The maximum atomic E-state index is 12.2. The van der Waals surface area contributed by atoms with Gasteiger partial charge < -0.3 is 9.47 Å². The van der Waals surface area contributed by atoms with Gasteiger partial charge in [0.1, 0.15) is 0 Å². The first kappa shape index (κ1) is 49.0. The van der Waals surface area contributed by atoms with Gasteiger partial charge in [-0.2, -0.15) is 0 Å². The van der Waals surface area contributed by atoms with Gasteiger partial charge in [-0.1, -0.05) is 189 Å². The Morgan fingerprint density at radius 2 is 0.904 bits per heavy atom. The van der Waals surface area contributed by atoms with Gasteiger partial charge in [0, 0.05) is 12.8 Å². The molecule has 308 valence electrons. The summed E-state index contributed by atoms with van der Waals surface area (Å²) in [5.41, 5.74) is 2.12. The van der Waals surface area contributed by atoms with Gasteiger partial charge in [-0.3, -0.25) is 4.79 Å². The average molecular weight is 731 g/mol. The number of hydrogen-bond acceptors (Lipinski definition) is 3. The minimum atomic E-state index is 0.0203. The number of rotatable bonds is 41. The third-order valence-electron chi connectivity index (χ3n) is 12.0. The molecule has 0 aromatic rings. The van der Waals surface area contributed by atoms with E-state index in [4.69, 9.17) is 9.47 Å². The van der Waals surface area contributed by atoms with E-state index in [2.05, 4.69) is 34.6 Å². The summed E-state index contributed by atoms with van der Waals surface area (Å²) in [6, 6.07) is 0. The Kier molecular flexibility index (Phi) is 33.7. The summed E-state index contributed by atoms with van der Waals surface area (Å²) >= 11 is 0. The second kappa shape index (κ2) is 35.7. The molecule has 0 bridgehead atoms. The first-order chi connectivity index (χ1) is 25.5. The smallest absolute Gasteiger partial charge is 0.305 e. The number of carbonyl (C=O) groups is 1. The van der Waals surface area contributed by atoms with Crippen LogP contribution in [0.15, 0.2) is 11.3 Å².